The van der Waals surface area contributed by atoms with E-state index in [1.165, 1.54) is 6.42 Å². The van der Waals surface area contributed by atoms with Gasteiger partial charge in [-0.05, 0) is 55.0 Å². The third kappa shape index (κ3) is 4.53. The number of aromatic nitrogens is 3. The molecule has 0 fully saturated rings. The summed E-state index contributed by atoms with van der Waals surface area (Å²) in [6, 6.07) is 14.5. The summed E-state index contributed by atoms with van der Waals surface area (Å²) in [7, 11) is 1.59. The molecule has 0 bridgehead atoms. The van der Waals surface area contributed by atoms with Gasteiger partial charge in [-0.15, -0.1) is 0 Å². The Kier molecular flexibility index (Phi) is 6.20. The quantitative estimate of drug-likeness (QED) is 0.452. The molecule has 0 saturated heterocycles. The van der Waals surface area contributed by atoms with Crippen molar-refractivity contribution < 1.29 is 14.3 Å². The number of nitrogens with one attached hydrogen (secondary N) is 1. The van der Waals surface area contributed by atoms with Gasteiger partial charge in [0, 0.05) is 11.1 Å². The molecular formula is C21H23N3O3. The summed E-state index contributed by atoms with van der Waals surface area (Å²) in [4.78, 5) is 12.8. The van der Waals surface area contributed by atoms with E-state index in [9.17, 15) is 4.79 Å². The van der Waals surface area contributed by atoms with Gasteiger partial charge in [0.15, 0.2) is 5.69 Å². The van der Waals surface area contributed by atoms with Gasteiger partial charge in [0.2, 0.25) is 5.78 Å². The maximum atomic E-state index is 12.8. The van der Waals surface area contributed by atoms with Crippen LogP contribution < -0.4 is 9.47 Å². The van der Waals surface area contributed by atoms with E-state index in [1.54, 1.807) is 31.4 Å². The number of carbonyl (C=O) groups excluding carboxylic acids is 1. The second-order valence-electron chi connectivity index (χ2n) is 6.16. The fourth-order valence-corrected chi connectivity index (χ4v) is 2.72. The van der Waals surface area contributed by atoms with Gasteiger partial charge >= 0.3 is 0 Å². The Morgan fingerprint density at radius 2 is 1.67 bits per heavy atom. The molecule has 0 saturated carbocycles. The van der Waals surface area contributed by atoms with E-state index >= 15 is 0 Å². The summed E-state index contributed by atoms with van der Waals surface area (Å²) in [6.45, 7) is 2.87. The molecule has 0 spiro atoms. The molecule has 0 aliphatic rings. The lowest BCUT2D eigenvalue weighted by Crippen LogP contribution is -2.04. The van der Waals surface area contributed by atoms with E-state index in [-0.39, 0.29) is 11.5 Å². The first-order valence-corrected chi connectivity index (χ1v) is 9.05. The largest absolute Gasteiger partial charge is 0.497 e. The number of methoxy groups -OCH3 is 1. The average Bonchev–Trinajstić information content (AvgIpc) is 3.21. The van der Waals surface area contributed by atoms with Gasteiger partial charge < -0.3 is 9.47 Å². The Bertz CT molecular complexity index is 870. The molecule has 27 heavy (non-hydrogen) atoms. The van der Waals surface area contributed by atoms with E-state index in [0.717, 1.165) is 24.2 Å². The predicted molar refractivity (Wildman–Crippen MR) is 103 cm³/mol. The number of H-pyrrole nitrogens is 1. The number of ketones is 1. The summed E-state index contributed by atoms with van der Waals surface area (Å²) in [5.74, 6) is 1.31. The lowest BCUT2D eigenvalue weighted by atomic mass is 10.0. The van der Waals surface area contributed by atoms with Crippen LogP contribution in [0, 0.1) is 0 Å². The Morgan fingerprint density at radius 3 is 2.33 bits per heavy atom. The highest BCUT2D eigenvalue weighted by atomic mass is 16.5. The molecule has 0 unspecified atom stereocenters. The van der Waals surface area contributed by atoms with Crippen molar-refractivity contribution in [1.82, 2.24) is 15.4 Å². The maximum absolute atomic E-state index is 12.8. The van der Waals surface area contributed by atoms with Crippen LogP contribution in [0.1, 0.15) is 42.2 Å². The zero-order valence-corrected chi connectivity index (χ0v) is 15.6. The van der Waals surface area contributed by atoms with E-state index in [1.807, 2.05) is 24.3 Å². The zero-order chi connectivity index (χ0) is 19.1. The third-order valence-electron chi connectivity index (χ3n) is 4.26. The van der Waals surface area contributed by atoms with Crippen LogP contribution in [0.15, 0.2) is 48.5 Å². The highest BCUT2D eigenvalue weighted by molar-refractivity contribution is 6.10. The minimum Gasteiger partial charge on any atom is -0.497 e. The molecule has 1 N–H and O–H groups in total. The Labute approximate surface area is 158 Å². The molecule has 6 heteroatoms. The molecule has 1 heterocycles. The molecule has 6 nitrogen and oxygen atoms in total. The van der Waals surface area contributed by atoms with Gasteiger partial charge in [0.05, 0.1) is 13.7 Å². The molecule has 0 atom stereocenters. The molecule has 0 aliphatic carbocycles. The van der Waals surface area contributed by atoms with Crippen molar-refractivity contribution in [2.75, 3.05) is 13.7 Å². The minimum atomic E-state index is -0.193. The average molecular weight is 365 g/mol. The third-order valence-corrected chi connectivity index (χ3v) is 4.26. The van der Waals surface area contributed by atoms with Crippen molar-refractivity contribution in [3.8, 4) is 22.8 Å². The van der Waals surface area contributed by atoms with Crippen LogP contribution in [-0.4, -0.2) is 34.9 Å². The fourth-order valence-electron chi connectivity index (χ4n) is 2.72. The lowest BCUT2D eigenvalue weighted by Gasteiger charge is -2.07. The van der Waals surface area contributed by atoms with Crippen molar-refractivity contribution >= 4 is 5.78 Å². The van der Waals surface area contributed by atoms with E-state index in [0.29, 0.717) is 23.6 Å². The van der Waals surface area contributed by atoms with Crippen LogP contribution in [-0.2, 0) is 0 Å². The zero-order valence-electron chi connectivity index (χ0n) is 15.6. The fraction of sp³-hybridized carbons (Fsp3) is 0.286. The van der Waals surface area contributed by atoms with Crippen LogP contribution in [0.3, 0.4) is 0 Å². The number of ether oxygens (including phenoxy) is 2. The van der Waals surface area contributed by atoms with E-state index < -0.39 is 0 Å². The number of carbonyl (C=O) groups is 1. The highest BCUT2D eigenvalue weighted by Gasteiger charge is 2.19. The summed E-state index contributed by atoms with van der Waals surface area (Å²) in [6.07, 6.45) is 3.37. The van der Waals surface area contributed by atoms with Crippen molar-refractivity contribution in [2.45, 2.75) is 26.2 Å². The minimum absolute atomic E-state index is 0.193. The van der Waals surface area contributed by atoms with Crippen LogP contribution >= 0.6 is 0 Å². The summed E-state index contributed by atoms with van der Waals surface area (Å²) in [5, 5.41) is 10.8. The van der Waals surface area contributed by atoms with Crippen LogP contribution in [0.4, 0.5) is 0 Å². The van der Waals surface area contributed by atoms with Crippen LogP contribution in [0.5, 0.6) is 11.5 Å². The molecular weight excluding hydrogens is 342 g/mol. The molecule has 1 aromatic heterocycles. The number of hydrogen-bond acceptors (Lipinski definition) is 5. The Balaban J connectivity index is 1.74. The van der Waals surface area contributed by atoms with Crippen LogP contribution in [0.2, 0.25) is 0 Å². The van der Waals surface area contributed by atoms with Crippen LogP contribution in [0.25, 0.3) is 11.3 Å². The van der Waals surface area contributed by atoms with Crippen molar-refractivity contribution in [3.05, 3.63) is 59.8 Å². The summed E-state index contributed by atoms with van der Waals surface area (Å²) in [5.41, 5.74) is 2.15. The molecule has 3 aromatic rings. The van der Waals surface area contributed by atoms with Gasteiger partial charge in [0.1, 0.15) is 17.2 Å². The summed E-state index contributed by atoms with van der Waals surface area (Å²) >= 11 is 0. The first-order valence-electron chi connectivity index (χ1n) is 9.05. The lowest BCUT2D eigenvalue weighted by molar-refractivity contribution is 0.103. The Hall–Kier alpha value is -3.15. The first-order chi connectivity index (χ1) is 13.2. The van der Waals surface area contributed by atoms with Gasteiger partial charge in [-0.1, -0.05) is 19.8 Å². The van der Waals surface area contributed by atoms with E-state index in [4.69, 9.17) is 9.47 Å². The topological polar surface area (TPSA) is 77.1 Å². The number of aromatic amines is 1. The number of unbranched alkanes of at least 4 members (excludes halogenated alkanes) is 2. The van der Waals surface area contributed by atoms with E-state index in [2.05, 4.69) is 22.3 Å². The van der Waals surface area contributed by atoms with Crippen molar-refractivity contribution in [1.29, 1.82) is 0 Å². The molecule has 140 valence electrons. The normalized spacial score (nSPS) is 10.6. The summed E-state index contributed by atoms with van der Waals surface area (Å²) < 4.78 is 10.9. The molecule has 3 rings (SSSR count). The van der Waals surface area contributed by atoms with Gasteiger partial charge in [-0.25, -0.2) is 0 Å². The second kappa shape index (κ2) is 8.98. The predicted octanol–water partition coefficient (Wildman–Crippen LogP) is 4.28. The maximum Gasteiger partial charge on any atom is 0.215 e. The molecule has 0 radical (unpaired) electrons. The van der Waals surface area contributed by atoms with Gasteiger partial charge in [-0.3, -0.25) is 4.79 Å². The smallest absolute Gasteiger partial charge is 0.215 e. The number of hydrogen-bond donors (Lipinski definition) is 1. The number of benzene rings is 2. The highest BCUT2D eigenvalue weighted by Crippen LogP contribution is 2.25. The van der Waals surface area contributed by atoms with Gasteiger partial charge in [-0.2, -0.15) is 15.4 Å². The number of rotatable bonds is 9. The molecule has 2 aromatic carbocycles. The van der Waals surface area contributed by atoms with Crippen molar-refractivity contribution in [3.63, 3.8) is 0 Å². The Morgan fingerprint density at radius 1 is 0.963 bits per heavy atom. The number of nitrogens with zero attached hydrogens (tertiary/aromatic N) is 2. The second-order valence-corrected chi connectivity index (χ2v) is 6.16. The van der Waals surface area contributed by atoms with Crippen molar-refractivity contribution in [2.24, 2.45) is 0 Å². The first kappa shape index (κ1) is 18.6. The molecule has 0 amide bonds. The van der Waals surface area contributed by atoms with Gasteiger partial charge in [0.25, 0.3) is 0 Å². The standard InChI is InChI=1S/C21H23N3O3/c1-3-4-5-14-27-18-12-6-15(7-13-18)19-20(23-24-22-19)21(25)16-8-10-17(26-2)11-9-16/h6-13H,3-5,14H2,1-2H3,(H,22,23,24). The molecule has 0 aliphatic heterocycles. The SMILES string of the molecule is CCCCCOc1ccc(-c2n[nH]nc2C(=O)c2ccc(OC)cc2)cc1. The monoisotopic (exact) mass is 365 g/mol.